The number of nitrogens with one attached hydrogen (secondary N) is 2. The number of rotatable bonds is 5. The second-order valence-corrected chi connectivity index (χ2v) is 9.81. The normalized spacial score (nSPS) is 15.6. The van der Waals surface area contributed by atoms with Gasteiger partial charge in [-0.05, 0) is 24.9 Å². The average molecular weight is 534 g/mol. The van der Waals surface area contributed by atoms with Gasteiger partial charge in [-0.15, -0.1) is 0 Å². The number of carboxylic acids is 1. The number of aromatic carboxylic acids is 1. The maximum Gasteiger partial charge on any atom is 0.341 e. The van der Waals surface area contributed by atoms with E-state index in [1.54, 1.807) is 32.6 Å². The van der Waals surface area contributed by atoms with Gasteiger partial charge in [0.25, 0.3) is 0 Å². The van der Waals surface area contributed by atoms with E-state index >= 15 is 4.39 Å². The first kappa shape index (κ1) is 24.7. The molecule has 0 amide bonds. The Morgan fingerprint density at radius 1 is 1.26 bits per heavy atom. The standard InChI is InChI=1S/C27H25F2N7O3/c1-31-18-6-17(28)21(29)19-20-23(36-4-3-12(7-30)10-36)15(9-32-25(20)34-22(18)19)13-5-14-24(37)16(27(38)39)11-35(2)26(14)33-8-13/h5-6,8-9,11-12,31H,3-4,7,10,30H2,1-2H3,(H,32,34)(H,38,39). The van der Waals surface area contributed by atoms with Crippen molar-refractivity contribution in [2.75, 3.05) is 36.9 Å². The summed E-state index contributed by atoms with van der Waals surface area (Å²) in [5.41, 5.74) is 8.02. The number of aromatic nitrogens is 4. The molecule has 1 fully saturated rings. The van der Waals surface area contributed by atoms with Crippen LogP contribution in [0.5, 0.6) is 0 Å². The lowest BCUT2D eigenvalue weighted by atomic mass is 10.0. The first-order valence-corrected chi connectivity index (χ1v) is 12.4. The molecule has 4 aromatic heterocycles. The molecule has 1 unspecified atom stereocenters. The highest BCUT2D eigenvalue weighted by Crippen LogP contribution is 2.44. The summed E-state index contributed by atoms with van der Waals surface area (Å²) >= 11 is 0. The summed E-state index contributed by atoms with van der Waals surface area (Å²) in [5, 5.41) is 13.0. The molecule has 1 aliphatic rings. The highest BCUT2D eigenvalue weighted by Gasteiger charge is 2.29. The molecule has 5 heterocycles. The maximum absolute atomic E-state index is 15.4. The number of hydrogen-bond acceptors (Lipinski definition) is 7. The van der Waals surface area contributed by atoms with Crippen molar-refractivity contribution in [1.29, 1.82) is 0 Å². The molecule has 0 spiro atoms. The van der Waals surface area contributed by atoms with Crippen LogP contribution in [0.25, 0.3) is 44.1 Å². The van der Waals surface area contributed by atoms with Gasteiger partial charge in [0.05, 0.1) is 33.1 Å². The summed E-state index contributed by atoms with van der Waals surface area (Å²) in [6.07, 6.45) is 5.22. The van der Waals surface area contributed by atoms with Crippen LogP contribution in [-0.2, 0) is 7.05 Å². The van der Waals surface area contributed by atoms with Crippen LogP contribution in [-0.4, -0.2) is 57.3 Å². The Morgan fingerprint density at radius 3 is 2.74 bits per heavy atom. The second kappa shape index (κ2) is 9.02. The number of carbonyl (C=O) groups is 1. The SMILES string of the molecule is CNc1cc(F)c(F)c2c1[nH]c1ncc(-c3cnc4c(c3)c(=O)c(C(=O)O)cn4C)c(N3CCC(CN)C3)c12. The van der Waals surface area contributed by atoms with E-state index in [1.807, 2.05) is 0 Å². The number of nitrogens with two attached hydrogens (primary N) is 1. The third-order valence-electron chi connectivity index (χ3n) is 7.52. The first-order chi connectivity index (χ1) is 18.7. The van der Waals surface area contributed by atoms with E-state index in [9.17, 15) is 19.1 Å². The minimum Gasteiger partial charge on any atom is -0.477 e. The molecule has 6 rings (SSSR count). The zero-order valence-electron chi connectivity index (χ0n) is 21.2. The highest BCUT2D eigenvalue weighted by molar-refractivity contribution is 6.18. The predicted molar refractivity (Wildman–Crippen MR) is 145 cm³/mol. The van der Waals surface area contributed by atoms with E-state index in [0.29, 0.717) is 64.3 Å². The maximum atomic E-state index is 15.4. The van der Waals surface area contributed by atoms with Gasteiger partial charge >= 0.3 is 5.97 Å². The largest absolute Gasteiger partial charge is 0.477 e. The Labute approximate surface area is 220 Å². The molecule has 5 N–H and O–H groups in total. The summed E-state index contributed by atoms with van der Waals surface area (Å²) < 4.78 is 31.7. The molecule has 0 radical (unpaired) electrons. The summed E-state index contributed by atoms with van der Waals surface area (Å²) in [7, 11) is 3.23. The number of carboxylic acid groups (broad SMARTS) is 1. The third kappa shape index (κ3) is 3.70. The number of H-pyrrole nitrogens is 1. The number of hydrogen-bond donors (Lipinski definition) is 4. The Hall–Kier alpha value is -4.58. The van der Waals surface area contributed by atoms with Gasteiger partial charge in [0.2, 0.25) is 5.43 Å². The highest BCUT2D eigenvalue weighted by atomic mass is 19.2. The van der Waals surface area contributed by atoms with Crippen molar-refractivity contribution < 1.29 is 18.7 Å². The van der Waals surface area contributed by atoms with Crippen LogP contribution in [0.3, 0.4) is 0 Å². The van der Waals surface area contributed by atoms with Crippen molar-refractivity contribution in [3.8, 4) is 11.1 Å². The molecular formula is C27H25F2N7O3. The molecule has 5 aromatic rings. The Balaban J connectivity index is 1.71. The van der Waals surface area contributed by atoms with Crippen molar-refractivity contribution in [2.24, 2.45) is 18.7 Å². The number of aromatic amines is 1. The fraction of sp³-hybridized carbons (Fsp3) is 0.259. The van der Waals surface area contributed by atoms with E-state index in [0.717, 1.165) is 12.5 Å². The van der Waals surface area contributed by atoms with Gasteiger partial charge in [-0.25, -0.2) is 23.5 Å². The zero-order chi connectivity index (χ0) is 27.6. The molecule has 1 atom stereocenters. The fourth-order valence-corrected chi connectivity index (χ4v) is 5.57. The smallest absolute Gasteiger partial charge is 0.341 e. The molecule has 1 saturated heterocycles. The number of aryl methyl sites for hydroxylation is 1. The molecule has 0 aliphatic carbocycles. The molecule has 12 heteroatoms. The quantitative estimate of drug-likeness (QED) is 0.269. The molecule has 10 nitrogen and oxygen atoms in total. The lowest BCUT2D eigenvalue weighted by molar-refractivity contribution is 0.0695. The second-order valence-electron chi connectivity index (χ2n) is 9.81. The Bertz CT molecular complexity index is 1880. The van der Waals surface area contributed by atoms with Gasteiger partial charge in [-0.3, -0.25) is 4.79 Å². The van der Waals surface area contributed by atoms with Gasteiger partial charge in [0, 0.05) is 63.0 Å². The van der Waals surface area contributed by atoms with Crippen molar-refractivity contribution in [3.63, 3.8) is 0 Å². The van der Waals surface area contributed by atoms with Crippen LogP contribution in [0, 0.1) is 17.6 Å². The zero-order valence-corrected chi connectivity index (χ0v) is 21.2. The topological polar surface area (TPSA) is 142 Å². The van der Waals surface area contributed by atoms with Crippen LogP contribution >= 0.6 is 0 Å². The van der Waals surface area contributed by atoms with Gasteiger partial charge in [-0.1, -0.05) is 0 Å². The van der Waals surface area contributed by atoms with Crippen LogP contribution in [0.2, 0.25) is 0 Å². The lowest BCUT2D eigenvalue weighted by Gasteiger charge is -2.23. The Morgan fingerprint density at radius 2 is 2.05 bits per heavy atom. The number of fused-ring (bicyclic) bond motifs is 4. The van der Waals surface area contributed by atoms with Crippen molar-refractivity contribution in [2.45, 2.75) is 6.42 Å². The van der Waals surface area contributed by atoms with Crippen LogP contribution in [0.1, 0.15) is 16.8 Å². The van der Waals surface area contributed by atoms with Gasteiger partial charge in [0.1, 0.15) is 16.9 Å². The minimum absolute atomic E-state index is 0.0627. The number of halogens is 2. The van der Waals surface area contributed by atoms with Crippen LogP contribution in [0.15, 0.2) is 35.5 Å². The van der Waals surface area contributed by atoms with Gasteiger partial charge in [-0.2, -0.15) is 0 Å². The summed E-state index contributed by atoms with van der Waals surface area (Å²) in [5.74, 6) is -3.13. The number of pyridine rings is 3. The average Bonchev–Trinajstić information content (AvgIpc) is 3.57. The molecule has 0 saturated carbocycles. The van der Waals surface area contributed by atoms with Crippen LogP contribution < -0.4 is 21.4 Å². The van der Waals surface area contributed by atoms with E-state index in [-0.39, 0.29) is 22.3 Å². The summed E-state index contributed by atoms with van der Waals surface area (Å²) in [6, 6.07) is 2.67. The van der Waals surface area contributed by atoms with E-state index in [4.69, 9.17) is 5.73 Å². The van der Waals surface area contributed by atoms with E-state index < -0.39 is 23.0 Å². The molecule has 39 heavy (non-hydrogen) atoms. The third-order valence-corrected chi connectivity index (χ3v) is 7.52. The summed E-state index contributed by atoms with van der Waals surface area (Å²) in [6.45, 7) is 1.70. The van der Waals surface area contributed by atoms with Crippen molar-refractivity contribution in [3.05, 3.63) is 58.1 Å². The monoisotopic (exact) mass is 533 g/mol. The predicted octanol–water partition coefficient (Wildman–Crippen LogP) is 3.43. The molecule has 1 aliphatic heterocycles. The fourth-order valence-electron chi connectivity index (χ4n) is 5.57. The van der Waals surface area contributed by atoms with Crippen molar-refractivity contribution in [1.82, 2.24) is 19.5 Å². The van der Waals surface area contributed by atoms with Gasteiger partial charge < -0.3 is 30.6 Å². The molecule has 1 aromatic carbocycles. The first-order valence-electron chi connectivity index (χ1n) is 12.4. The molecule has 0 bridgehead atoms. The van der Waals surface area contributed by atoms with E-state index in [1.165, 1.54) is 10.8 Å². The van der Waals surface area contributed by atoms with Crippen molar-refractivity contribution >= 4 is 50.3 Å². The van der Waals surface area contributed by atoms with Crippen LogP contribution in [0.4, 0.5) is 20.2 Å². The lowest BCUT2D eigenvalue weighted by Crippen LogP contribution is -2.23. The molecular weight excluding hydrogens is 508 g/mol. The Kier molecular flexibility index (Phi) is 5.72. The number of anilines is 2. The molecule has 200 valence electrons. The number of benzene rings is 1. The minimum atomic E-state index is -1.34. The van der Waals surface area contributed by atoms with E-state index in [2.05, 4.69) is 25.2 Å². The number of nitrogens with zero attached hydrogens (tertiary/aromatic N) is 4. The summed E-state index contributed by atoms with van der Waals surface area (Å²) in [4.78, 5) is 38.9. The van der Waals surface area contributed by atoms with Gasteiger partial charge in [0.15, 0.2) is 11.6 Å².